The van der Waals surface area contributed by atoms with Gasteiger partial charge in [-0.2, -0.15) is 0 Å². The molecule has 0 aliphatic heterocycles. The zero-order valence-corrected chi connectivity index (χ0v) is 8.76. The SMILES string of the molecule is CC(C)COc1c(F)cc(CO)cc1F. The summed E-state index contributed by atoms with van der Waals surface area (Å²) in [6.45, 7) is 3.64. The topological polar surface area (TPSA) is 29.5 Å². The molecule has 0 aliphatic carbocycles. The summed E-state index contributed by atoms with van der Waals surface area (Å²) >= 11 is 0. The lowest BCUT2D eigenvalue weighted by Gasteiger charge is -2.11. The van der Waals surface area contributed by atoms with Gasteiger partial charge in [0.25, 0.3) is 0 Å². The van der Waals surface area contributed by atoms with Gasteiger partial charge in [0, 0.05) is 0 Å². The van der Waals surface area contributed by atoms with Crippen molar-refractivity contribution in [3.63, 3.8) is 0 Å². The molecule has 1 aromatic rings. The van der Waals surface area contributed by atoms with Gasteiger partial charge < -0.3 is 9.84 Å². The van der Waals surface area contributed by atoms with Crippen LogP contribution in [0.4, 0.5) is 8.78 Å². The normalized spacial score (nSPS) is 10.8. The molecular formula is C11H14F2O2. The summed E-state index contributed by atoms with van der Waals surface area (Å²) in [7, 11) is 0. The predicted octanol–water partition coefficient (Wildman–Crippen LogP) is 2.49. The molecule has 0 atom stereocenters. The smallest absolute Gasteiger partial charge is 0.190 e. The Morgan fingerprint density at radius 3 is 2.20 bits per heavy atom. The minimum Gasteiger partial charge on any atom is -0.487 e. The maximum Gasteiger partial charge on any atom is 0.190 e. The van der Waals surface area contributed by atoms with Gasteiger partial charge in [-0.3, -0.25) is 0 Å². The third-order valence-corrected chi connectivity index (χ3v) is 1.80. The van der Waals surface area contributed by atoms with Crippen LogP contribution in [0.1, 0.15) is 19.4 Å². The van der Waals surface area contributed by atoms with Crippen LogP contribution in [0.25, 0.3) is 0 Å². The molecule has 1 N–H and O–H groups in total. The molecule has 0 aliphatic rings. The van der Waals surface area contributed by atoms with E-state index in [4.69, 9.17) is 9.84 Å². The molecule has 2 nitrogen and oxygen atoms in total. The van der Waals surface area contributed by atoms with Gasteiger partial charge in [0.05, 0.1) is 13.2 Å². The number of rotatable bonds is 4. The van der Waals surface area contributed by atoms with Crippen molar-refractivity contribution >= 4 is 0 Å². The van der Waals surface area contributed by atoms with E-state index in [1.807, 2.05) is 13.8 Å². The Bertz CT molecular complexity index is 314. The highest BCUT2D eigenvalue weighted by Crippen LogP contribution is 2.23. The zero-order valence-electron chi connectivity index (χ0n) is 8.76. The van der Waals surface area contributed by atoms with Gasteiger partial charge in [0.15, 0.2) is 17.4 Å². The summed E-state index contributed by atoms with van der Waals surface area (Å²) in [5.41, 5.74) is 0.196. The molecule has 0 saturated carbocycles. The molecule has 1 rings (SSSR count). The highest BCUT2D eigenvalue weighted by Gasteiger charge is 2.12. The largest absolute Gasteiger partial charge is 0.487 e. The van der Waals surface area contributed by atoms with Crippen LogP contribution in [-0.2, 0) is 6.61 Å². The number of aliphatic hydroxyl groups excluding tert-OH is 1. The Morgan fingerprint density at radius 1 is 1.27 bits per heavy atom. The molecule has 0 spiro atoms. The van der Waals surface area contributed by atoms with Gasteiger partial charge in [-0.05, 0) is 23.6 Å². The van der Waals surface area contributed by atoms with E-state index in [9.17, 15) is 8.78 Å². The van der Waals surface area contributed by atoms with E-state index in [-0.39, 0.29) is 23.8 Å². The van der Waals surface area contributed by atoms with E-state index in [1.54, 1.807) is 0 Å². The summed E-state index contributed by atoms with van der Waals surface area (Å²) < 4.78 is 31.5. The minimum atomic E-state index is -0.778. The standard InChI is InChI=1S/C11H14F2O2/c1-7(2)6-15-11-9(12)3-8(5-14)4-10(11)13/h3-4,7,14H,5-6H2,1-2H3. The maximum atomic E-state index is 13.3. The third kappa shape index (κ3) is 3.16. The quantitative estimate of drug-likeness (QED) is 0.837. The average Bonchev–Trinajstić information content (AvgIpc) is 2.15. The lowest BCUT2D eigenvalue weighted by atomic mass is 10.2. The van der Waals surface area contributed by atoms with Crippen LogP contribution in [-0.4, -0.2) is 11.7 Å². The van der Waals surface area contributed by atoms with Gasteiger partial charge in [0.2, 0.25) is 0 Å². The number of hydrogen-bond acceptors (Lipinski definition) is 2. The first-order chi connectivity index (χ1) is 7.04. The molecular weight excluding hydrogens is 202 g/mol. The van der Waals surface area contributed by atoms with E-state index in [0.717, 1.165) is 12.1 Å². The van der Waals surface area contributed by atoms with Crippen LogP contribution in [0.5, 0.6) is 5.75 Å². The van der Waals surface area contributed by atoms with Crippen LogP contribution < -0.4 is 4.74 Å². The molecule has 0 radical (unpaired) electrons. The molecule has 1 aromatic carbocycles. The Labute approximate surface area is 87.5 Å². The number of hydrogen-bond donors (Lipinski definition) is 1. The summed E-state index contributed by atoms with van der Waals surface area (Å²) in [6.07, 6.45) is 0. The van der Waals surface area contributed by atoms with Gasteiger partial charge in [0.1, 0.15) is 0 Å². The fraction of sp³-hybridized carbons (Fsp3) is 0.455. The lowest BCUT2D eigenvalue weighted by Crippen LogP contribution is -2.07. The van der Waals surface area contributed by atoms with Gasteiger partial charge >= 0.3 is 0 Å². The van der Waals surface area contributed by atoms with Crippen LogP contribution in [0.3, 0.4) is 0 Å². The van der Waals surface area contributed by atoms with E-state index < -0.39 is 18.2 Å². The third-order valence-electron chi connectivity index (χ3n) is 1.80. The van der Waals surface area contributed by atoms with Gasteiger partial charge in [-0.1, -0.05) is 13.8 Å². The molecule has 0 fully saturated rings. The molecule has 4 heteroatoms. The predicted molar refractivity (Wildman–Crippen MR) is 52.6 cm³/mol. The molecule has 15 heavy (non-hydrogen) atoms. The monoisotopic (exact) mass is 216 g/mol. The first-order valence-corrected chi connectivity index (χ1v) is 4.76. The van der Waals surface area contributed by atoms with Crippen LogP contribution >= 0.6 is 0 Å². The first kappa shape index (κ1) is 11.9. The zero-order chi connectivity index (χ0) is 11.4. The molecule has 0 heterocycles. The van der Waals surface area contributed by atoms with Crippen molar-refractivity contribution < 1.29 is 18.6 Å². The molecule has 0 amide bonds. The second kappa shape index (κ2) is 5.07. The van der Waals surface area contributed by atoms with Crippen molar-refractivity contribution in [3.8, 4) is 5.75 Å². The summed E-state index contributed by atoms with van der Waals surface area (Å²) in [5.74, 6) is -1.73. The summed E-state index contributed by atoms with van der Waals surface area (Å²) in [6, 6.07) is 2.14. The van der Waals surface area contributed by atoms with Crippen molar-refractivity contribution in [3.05, 3.63) is 29.3 Å². The van der Waals surface area contributed by atoms with Gasteiger partial charge in [-0.15, -0.1) is 0 Å². The van der Waals surface area contributed by atoms with Crippen molar-refractivity contribution in [1.82, 2.24) is 0 Å². The lowest BCUT2D eigenvalue weighted by molar-refractivity contribution is 0.244. The number of benzene rings is 1. The minimum absolute atomic E-state index is 0.196. The average molecular weight is 216 g/mol. The molecule has 0 bridgehead atoms. The van der Waals surface area contributed by atoms with Crippen molar-refractivity contribution in [2.45, 2.75) is 20.5 Å². The number of aliphatic hydroxyl groups is 1. The molecule has 84 valence electrons. The maximum absolute atomic E-state index is 13.3. The second-order valence-electron chi connectivity index (χ2n) is 3.75. The van der Waals surface area contributed by atoms with E-state index in [1.165, 1.54) is 0 Å². The van der Waals surface area contributed by atoms with Crippen molar-refractivity contribution in [2.24, 2.45) is 5.92 Å². The van der Waals surface area contributed by atoms with Crippen LogP contribution in [0, 0.1) is 17.6 Å². The Hall–Kier alpha value is -1.16. The summed E-state index contributed by atoms with van der Waals surface area (Å²) in [5, 5.41) is 8.72. The molecule has 0 aromatic heterocycles. The fourth-order valence-corrected chi connectivity index (χ4v) is 1.09. The molecule has 0 unspecified atom stereocenters. The van der Waals surface area contributed by atoms with Crippen molar-refractivity contribution in [2.75, 3.05) is 6.61 Å². The number of ether oxygens (including phenoxy) is 1. The van der Waals surface area contributed by atoms with E-state index in [2.05, 4.69) is 0 Å². The Morgan fingerprint density at radius 2 is 1.80 bits per heavy atom. The van der Waals surface area contributed by atoms with Crippen LogP contribution in [0.2, 0.25) is 0 Å². The number of halogens is 2. The van der Waals surface area contributed by atoms with E-state index in [0.29, 0.717) is 0 Å². The van der Waals surface area contributed by atoms with Gasteiger partial charge in [-0.25, -0.2) is 8.78 Å². The van der Waals surface area contributed by atoms with Crippen LogP contribution in [0.15, 0.2) is 12.1 Å². The van der Waals surface area contributed by atoms with Crippen molar-refractivity contribution in [1.29, 1.82) is 0 Å². The van der Waals surface area contributed by atoms with E-state index >= 15 is 0 Å². The highest BCUT2D eigenvalue weighted by molar-refractivity contribution is 5.31. The highest BCUT2D eigenvalue weighted by atomic mass is 19.1. The first-order valence-electron chi connectivity index (χ1n) is 4.76. The second-order valence-corrected chi connectivity index (χ2v) is 3.75. The summed E-state index contributed by atoms with van der Waals surface area (Å²) in [4.78, 5) is 0. The molecule has 0 saturated heterocycles. The Balaban J connectivity index is 2.88. The Kier molecular flexibility index (Phi) is 4.03. The fourth-order valence-electron chi connectivity index (χ4n) is 1.09.